The zero-order valence-electron chi connectivity index (χ0n) is 18.5. The molecule has 5 nitrogen and oxygen atoms in total. The summed E-state index contributed by atoms with van der Waals surface area (Å²) in [5.74, 6) is -1.39. The second kappa shape index (κ2) is 9.75. The number of carbonyl (C=O) groups is 2. The summed E-state index contributed by atoms with van der Waals surface area (Å²) in [5.41, 5.74) is 2.63. The number of halogens is 5. The molecule has 0 radical (unpaired) electrons. The zero-order valence-corrected chi connectivity index (χ0v) is 21.5. The highest BCUT2D eigenvalue weighted by Crippen LogP contribution is 2.58. The lowest BCUT2D eigenvalue weighted by Gasteiger charge is -2.25. The zero-order chi connectivity index (χ0) is 25.7. The minimum Gasteiger partial charge on any atom is -0.492 e. The maximum Gasteiger partial charge on any atom is 0.326 e. The van der Waals surface area contributed by atoms with Gasteiger partial charge in [0.1, 0.15) is 17.6 Å². The van der Waals surface area contributed by atoms with Crippen LogP contribution in [0.1, 0.15) is 33.8 Å². The number of amides is 1. The largest absolute Gasteiger partial charge is 0.492 e. The Bertz CT molecular complexity index is 1370. The highest BCUT2D eigenvalue weighted by molar-refractivity contribution is 6.40. The number of nitrogens with one attached hydrogen (secondary N) is 1. The van der Waals surface area contributed by atoms with Gasteiger partial charge in [-0.05, 0) is 42.2 Å². The van der Waals surface area contributed by atoms with Gasteiger partial charge in [0.15, 0.2) is 0 Å². The van der Waals surface area contributed by atoms with Crippen LogP contribution in [0.2, 0.25) is 20.1 Å². The molecule has 3 aromatic carbocycles. The topological polar surface area (TPSA) is 75.6 Å². The van der Waals surface area contributed by atoms with Gasteiger partial charge in [0.25, 0.3) is 5.91 Å². The Kier molecular flexibility index (Phi) is 6.81. The normalized spacial score (nSPS) is 18.5. The molecule has 1 fully saturated rings. The van der Waals surface area contributed by atoms with Crippen LogP contribution in [0.25, 0.3) is 11.1 Å². The van der Waals surface area contributed by atoms with Crippen LogP contribution in [-0.2, 0) is 11.2 Å². The average Bonchev–Trinajstić information content (AvgIpc) is 3.59. The molecule has 1 unspecified atom stereocenters. The fraction of sp³-hybridized carbons (Fsp3) is 0.231. The first-order valence-electron chi connectivity index (χ1n) is 11.1. The van der Waals surface area contributed by atoms with Crippen LogP contribution in [-0.4, -0.2) is 29.6 Å². The van der Waals surface area contributed by atoms with Crippen LogP contribution in [0, 0.1) is 11.7 Å². The summed E-state index contributed by atoms with van der Waals surface area (Å²) < 4.78 is 19.9. The third kappa shape index (κ3) is 4.63. The standard InChI is InChI=1S/C26H18Cl4FNO4/c27-16-2-1-3-17(28)23(16)25(33)32-20(26(34)35)7-11-4-5-14(22-18(29)8-13(31)9-19(22)30)24-21(11)15-6-12(15)10-36-24/h1-5,8-9,12,15,20H,6-7,10H2,(H,32,33)(H,34,35)/t12-,15-,20?/m1/s1. The second-order valence-corrected chi connectivity index (χ2v) is 10.5. The van der Waals surface area contributed by atoms with Crippen molar-refractivity contribution in [3.05, 3.63) is 85.1 Å². The molecule has 3 atom stereocenters. The Hall–Kier alpha value is -2.51. The third-order valence-electron chi connectivity index (χ3n) is 6.52. The first-order chi connectivity index (χ1) is 17.2. The van der Waals surface area contributed by atoms with Gasteiger partial charge in [-0.2, -0.15) is 0 Å². The number of carboxylic acids is 1. The van der Waals surface area contributed by atoms with E-state index in [9.17, 15) is 19.1 Å². The molecule has 1 saturated carbocycles. The average molecular weight is 569 g/mol. The molecule has 1 aliphatic carbocycles. The SMILES string of the molecule is O=C(NC(Cc1ccc(-c2c(Cl)cc(F)cc2Cl)c2c1[C@@H]1C[C@@H]1CO2)C(=O)O)c1c(Cl)cccc1Cl. The summed E-state index contributed by atoms with van der Waals surface area (Å²) in [4.78, 5) is 25.0. The van der Waals surface area contributed by atoms with Crippen molar-refractivity contribution in [1.82, 2.24) is 5.32 Å². The Morgan fingerprint density at radius 3 is 2.36 bits per heavy atom. The lowest BCUT2D eigenvalue weighted by atomic mass is 9.89. The van der Waals surface area contributed by atoms with E-state index in [1.165, 1.54) is 24.3 Å². The first-order valence-corrected chi connectivity index (χ1v) is 12.6. The quantitative estimate of drug-likeness (QED) is 0.335. The van der Waals surface area contributed by atoms with Crippen LogP contribution in [0.3, 0.4) is 0 Å². The molecule has 0 spiro atoms. The Morgan fingerprint density at radius 1 is 1.06 bits per heavy atom. The predicted octanol–water partition coefficient (Wildman–Crippen LogP) is 7.03. The molecule has 0 aromatic heterocycles. The van der Waals surface area contributed by atoms with Crippen LogP contribution in [0.15, 0.2) is 42.5 Å². The van der Waals surface area contributed by atoms with Gasteiger partial charge in [-0.25, -0.2) is 9.18 Å². The van der Waals surface area contributed by atoms with E-state index in [0.29, 0.717) is 35.0 Å². The second-order valence-electron chi connectivity index (χ2n) is 8.84. The third-order valence-corrected chi connectivity index (χ3v) is 7.74. The monoisotopic (exact) mass is 567 g/mol. The maximum absolute atomic E-state index is 13.8. The van der Waals surface area contributed by atoms with E-state index >= 15 is 0 Å². The molecule has 186 valence electrons. The number of carbonyl (C=O) groups excluding carboxylic acids is 1. The smallest absolute Gasteiger partial charge is 0.326 e. The fourth-order valence-electron chi connectivity index (χ4n) is 4.72. The first kappa shape index (κ1) is 25.2. The van der Waals surface area contributed by atoms with E-state index in [1.54, 1.807) is 18.2 Å². The van der Waals surface area contributed by atoms with Gasteiger partial charge in [-0.1, -0.05) is 64.6 Å². The lowest BCUT2D eigenvalue weighted by molar-refractivity contribution is -0.139. The van der Waals surface area contributed by atoms with Crippen LogP contribution in [0.5, 0.6) is 5.75 Å². The van der Waals surface area contributed by atoms with Gasteiger partial charge in [-0.15, -0.1) is 0 Å². The number of ether oxygens (including phenoxy) is 1. The summed E-state index contributed by atoms with van der Waals surface area (Å²) in [6.07, 6.45) is 0.900. The Balaban J connectivity index is 1.52. The van der Waals surface area contributed by atoms with Crippen molar-refractivity contribution in [2.45, 2.75) is 24.8 Å². The molecule has 0 saturated heterocycles. The molecule has 0 bridgehead atoms. The van der Waals surface area contributed by atoms with E-state index in [0.717, 1.165) is 12.0 Å². The molecule has 3 aromatic rings. The summed E-state index contributed by atoms with van der Waals surface area (Å²) in [6.45, 7) is 0.509. The van der Waals surface area contributed by atoms with E-state index in [2.05, 4.69) is 5.32 Å². The number of fused-ring (bicyclic) bond motifs is 3. The summed E-state index contributed by atoms with van der Waals surface area (Å²) in [6, 6.07) is 9.22. The molecular weight excluding hydrogens is 551 g/mol. The summed E-state index contributed by atoms with van der Waals surface area (Å²) in [7, 11) is 0. The maximum atomic E-state index is 13.8. The van der Waals surface area contributed by atoms with Crippen molar-refractivity contribution in [3.8, 4) is 16.9 Å². The van der Waals surface area contributed by atoms with Gasteiger partial charge in [0, 0.05) is 29.0 Å². The number of rotatable bonds is 6. The number of carboxylic acid groups (broad SMARTS) is 1. The molecular formula is C26H18Cl4FNO4. The van der Waals surface area contributed by atoms with Crippen molar-refractivity contribution in [2.75, 3.05) is 6.61 Å². The molecule has 2 N–H and O–H groups in total. The van der Waals surface area contributed by atoms with Gasteiger partial charge in [-0.3, -0.25) is 4.79 Å². The van der Waals surface area contributed by atoms with E-state index in [-0.39, 0.29) is 38.0 Å². The van der Waals surface area contributed by atoms with E-state index < -0.39 is 23.7 Å². The highest BCUT2D eigenvalue weighted by atomic mass is 35.5. The molecule has 5 rings (SSSR count). The van der Waals surface area contributed by atoms with E-state index in [1.807, 2.05) is 0 Å². The number of benzene rings is 3. The fourth-order valence-corrected chi connectivity index (χ4v) is 5.95. The van der Waals surface area contributed by atoms with Crippen molar-refractivity contribution in [1.29, 1.82) is 0 Å². The van der Waals surface area contributed by atoms with E-state index in [4.69, 9.17) is 51.1 Å². The van der Waals surface area contributed by atoms with Gasteiger partial charge in [0.05, 0.1) is 32.3 Å². The number of hydrogen-bond acceptors (Lipinski definition) is 3. The summed E-state index contributed by atoms with van der Waals surface area (Å²) in [5, 5.41) is 13.0. The Morgan fingerprint density at radius 2 is 1.72 bits per heavy atom. The number of aliphatic carboxylic acids is 1. The van der Waals surface area contributed by atoms with Crippen LogP contribution >= 0.6 is 46.4 Å². The molecule has 10 heteroatoms. The van der Waals surface area contributed by atoms with Crippen molar-refractivity contribution in [3.63, 3.8) is 0 Å². The summed E-state index contributed by atoms with van der Waals surface area (Å²) >= 11 is 24.9. The van der Waals surface area contributed by atoms with Crippen molar-refractivity contribution < 1.29 is 23.8 Å². The van der Waals surface area contributed by atoms with Gasteiger partial charge in [0.2, 0.25) is 0 Å². The van der Waals surface area contributed by atoms with Gasteiger partial charge < -0.3 is 15.2 Å². The molecule has 36 heavy (non-hydrogen) atoms. The van der Waals surface area contributed by atoms with Gasteiger partial charge >= 0.3 is 5.97 Å². The molecule has 2 aliphatic rings. The van der Waals surface area contributed by atoms with Crippen molar-refractivity contribution >= 4 is 58.3 Å². The molecule has 1 heterocycles. The minimum atomic E-state index is -1.25. The van der Waals surface area contributed by atoms with Crippen LogP contribution < -0.4 is 10.1 Å². The number of hydrogen-bond donors (Lipinski definition) is 2. The molecule has 1 aliphatic heterocycles. The van der Waals surface area contributed by atoms with Crippen LogP contribution in [0.4, 0.5) is 4.39 Å². The lowest BCUT2D eigenvalue weighted by Crippen LogP contribution is -2.42. The highest BCUT2D eigenvalue weighted by Gasteiger charge is 2.46. The minimum absolute atomic E-state index is 0.00319. The molecule has 1 amide bonds. The Labute approximate surface area is 226 Å². The predicted molar refractivity (Wildman–Crippen MR) is 137 cm³/mol. The van der Waals surface area contributed by atoms with Crippen molar-refractivity contribution in [2.24, 2.45) is 5.92 Å².